The molecule has 108 valence electrons. The van der Waals surface area contributed by atoms with E-state index in [9.17, 15) is 9.90 Å². The first-order chi connectivity index (χ1) is 9.55. The topological polar surface area (TPSA) is 65.1 Å². The van der Waals surface area contributed by atoms with Crippen LogP contribution < -0.4 is 5.32 Å². The van der Waals surface area contributed by atoms with Crippen molar-refractivity contribution < 1.29 is 9.90 Å². The molecule has 0 aliphatic rings. The molecule has 3 N–H and O–H groups in total. The van der Waals surface area contributed by atoms with E-state index < -0.39 is 11.5 Å². The molecule has 0 aliphatic heterocycles. The number of likely N-dealkylation sites (N-methyl/N-ethyl adjacent to an activating group) is 1. The van der Waals surface area contributed by atoms with Crippen LogP contribution in [0.5, 0.6) is 0 Å². The van der Waals surface area contributed by atoms with Crippen molar-refractivity contribution in [2.75, 3.05) is 12.3 Å². The van der Waals surface area contributed by atoms with Gasteiger partial charge in [-0.25, -0.2) is 0 Å². The number of para-hydroxylation sites is 1. The van der Waals surface area contributed by atoms with Crippen LogP contribution in [0.2, 0.25) is 0 Å². The molecule has 0 saturated heterocycles. The fourth-order valence-corrected chi connectivity index (χ4v) is 3.27. The fourth-order valence-electron chi connectivity index (χ4n) is 2.15. The van der Waals surface area contributed by atoms with Crippen molar-refractivity contribution >= 4 is 28.6 Å². The molecule has 0 spiro atoms. The average molecular weight is 292 g/mol. The molecule has 0 amide bonds. The summed E-state index contributed by atoms with van der Waals surface area (Å²) in [5.74, 6) is -0.0422. The number of carboxylic acids is 1. The van der Waals surface area contributed by atoms with Crippen molar-refractivity contribution in [2.24, 2.45) is 0 Å². The van der Waals surface area contributed by atoms with Crippen LogP contribution in [0.1, 0.15) is 20.3 Å². The molecule has 1 unspecified atom stereocenters. The summed E-state index contributed by atoms with van der Waals surface area (Å²) in [5.41, 5.74) is 0.260. The van der Waals surface area contributed by atoms with Gasteiger partial charge >= 0.3 is 5.97 Å². The monoisotopic (exact) mass is 292 g/mol. The van der Waals surface area contributed by atoms with Crippen LogP contribution in [0.15, 0.2) is 35.4 Å². The second kappa shape index (κ2) is 6.33. The highest BCUT2D eigenvalue weighted by Crippen LogP contribution is 2.25. The minimum Gasteiger partial charge on any atom is -0.480 e. The van der Waals surface area contributed by atoms with Crippen LogP contribution >= 0.6 is 11.8 Å². The van der Waals surface area contributed by atoms with Crippen molar-refractivity contribution in [1.29, 1.82) is 0 Å². The van der Waals surface area contributed by atoms with Crippen LogP contribution in [-0.2, 0) is 4.79 Å². The van der Waals surface area contributed by atoms with E-state index in [4.69, 9.17) is 0 Å². The molecule has 5 heteroatoms. The Morgan fingerprint density at radius 3 is 2.85 bits per heavy atom. The van der Waals surface area contributed by atoms with E-state index in [1.807, 2.05) is 25.1 Å². The molecule has 0 bridgehead atoms. The summed E-state index contributed by atoms with van der Waals surface area (Å²) in [7, 11) is 0. The van der Waals surface area contributed by atoms with Gasteiger partial charge in [-0.15, -0.1) is 11.8 Å². The van der Waals surface area contributed by atoms with Gasteiger partial charge in [-0.2, -0.15) is 0 Å². The van der Waals surface area contributed by atoms with E-state index in [0.717, 1.165) is 16.3 Å². The van der Waals surface area contributed by atoms with E-state index in [2.05, 4.69) is 22.4 Å². The normalized spacial score (nSPS) is 14.3. The van der Waals surface area contributed by atoms with Crippen molar-refractivity contribution in [3.05, 3.63) is 30.3 Å². The Morgan fingerprint density at radius 2 is 2.20 bits per heavy atom. The maximum atomic E-state index is 11.3. The van der Waals surface area contributed by atoms with Gasteiger partial charge in [0.25, 0.3) is 0 Å². The Balaban J connectivity index is 1.96. The first-order valence-electron chi connectivity index (χ1n) is 6.74. The molecule has 4 nitrogen and oxygen atoms in total. The van der Waals surface area contributed by atoms with Crippen LogP contribution in [0, 0.1) is 0 Å². The van der Waals surface area contributed by atoms with E-state index in [1.165, 1.54) is 5.39 Å². The summed E-state index contributed by atoms with van der Waals surface area (Å²) >= 11 is 1.66. The summed E-state index contributed by atoms with van der Waals surface area (Å²) in [6, 6.07) is 10.2. The average Bonchev–Trinajstić information content (AvgIpc) is 2.81. The Bertz CT molecular complexity index is 563. The summed E-state index contributed by atoms with van der Waals surface area (Å²) in [6.07, 6.45) is 0.580. The predicted octanol–water partition coefficient (Wildman–Crippen LogP) is 3.10. The highest BCUT2D eigenvalue weighted by atomic mass is 32.2. The zero-order valence-corrected chi connectivity index (χ0v) is 12.6. The number of aromatic amines is 1. The van der Waals surface area contributed by atoms with Gasteiger partial charge in [-0.05, 0) is 32.0 Å². The summed E-state index contributed by atoms with van der Waals surface area (Å²) in [6.45, 7) is 4.32. The van der Waals surface area contributed by atoms with Gasteiger partial charge in [0.05, 0.1) is 5.03 Å². The lowest BCUT2D eigenvalue weighted by Crippen LogP contribution is -2.49. The maximum Gasteiger partial charge on any atom is 0.323 e. The largest absolute Gasteiger partial charge is 0.480 e. The van der Waals surface area contributed by atoms with Crippen molar-refractivity contribution in [3.63, 3.8) is 0 Å². The van der Waals surface area contributed by atoms with Gasteiger partial charge < -0.3 is 15.4 Å². The fraction of sp³-hybridized carbons (Fsp3) is 0.400. The zero-order chi connectivity index (χ0) is 14.6. The number of fused-ring (bicyclic) bond motifs is 1. The first-order valence-corrected chi connectivity index (χ1v) is 7.73. The Kier molecular flexibility index (Phi) is 4.73. The number of benzene rings is 1. The van der Waals surface area contributed by atoms with Gasteiger partial charge in [0.1, 0.15) is 5.54 Å². The molecule has 1 aromatic heterocycles. The van der Waals surface area contributed by atoms with Crippen LogP contribution in [-0.4, -0.2) is 33.9 Å². The second-order valence-corrected chi connectivity index (χ2v) is 6.12. The van der Waals surface area contributed by atoms with Crippen LogP contribution in [0.3, 0.4) is 0 Å². The Labute approximate surface area is 123 Å². The molecular formula is C15H20N2O2S. The Hall–Kier alpha value is -1.46. The quantitative estimate of drug-likeness (QED) is 0.686. The SMILES string of the molecule is CCNC(C)(CCSc1cc2ccccc2[nH]1)C(=O)O. The van der Waals surface area contributed by atoms with Gasteiger partial charge in [0.15, 0.2) is 0 Å². The minimum absolute atomic E-state index is 0.580. The minimum atomic E-state index is -0.853. The van der Waals surface area contributed by atoms with E-state index in [0.29, 0.717) is 13.0 Å². The number of hydrogen-bond donors (Lipinski definition) is 3. The van der Waals surface area contributed by atoms with Gasteiger partial charge in [0.2, 0.25) is 0 Å². The lowest BCUT2D eigenvalue weighted by atomic mass is 9.99. The first kappa shape index (κ1) is 14.9. The third-order valence-electron chi connectivity index (χ3n) is 3.40. The number of rotatable bonds is 7. The van der Waals surface area contributed by atoms with E-state index >= 15 is 0 Å². The van der Waals surface area contributed by atoms with Crippen molar-refractivity contribution in [2.45, 2.75) is 30.8 Å². The van der Waals surface area contributed by atoms with Crippen molar-refractivity contribution in [1.82, 2.24) is 10.3 Å². The molecule has 0 saturated carbocycles. The van der Waals surface area contributed by atoms with Gasteiger partial charge in [-0.1, -0.05) is 25.1 Å². The van der Waals surface area contributed by atoms with E-state index in [-0.39, 0.29) is 0 Å². The number of carbonyl (C=O) groups is 1. The molecule has 1 aromatic carbocycles. The number of nitrogens with one attached hydrogen (secondary N) is 2. The zero-order valence-electron chi connectivity index (χ0n) is 11.8. The lowest BCUT2D eigenvalue weighted by Gasteiger charge is -2.25. The molecule has 2 rings (SSSR count). The predicted molar refractivity (Wildman–Crippen MR) is 83.4 cm³/mol. The third kappa shape index (κ3) is 3.35. The van der Waals surface area contributed by atoms with Crippen molar-refractivity contribution in [3.8, 4) is 0 Å². The highest BCUT2D eigenvalue weighted by Gasteiger charge is 2.31. The number of thioether (sulfide) groups is 1. The number of aromatic nitrogens is 1. The molecule has 1 atom stereocenters. The lowest BCUT2D eigenvalue weighted by molar-refractivity contribution is -0.144. The number of H-pyrrole nitrogens is 1. The number of hydrogen-bond acceptors (Lipinski definition) is 3. The molecule has 20 heavy (non-hydrogen) atoms. The highest BCUT2D eigenvalue weighted by molar-refractivity contribution is 7.99. The van der Waals surface area contributed by atoms with Crippen LogP contribution in [0.25, 0.3) is 10.9 Å². The van der Waals surface area contributed by atoms with Crippen LogP contribution in [0.4, 0.5) is 0 Å². The molecule has 0 radical (unpaired) electrons. The smallest absolute Gasteiger partial charge is 0.323 e. The summed E-state index contributed by atoms with van der Waals surface area (Å²) in [4.78, 5) is 14.7. The number of aliphatic carboxylic acids is 1. The molecular weight excluding hydrogens is 272 g/mol. The second-order valence-electron chi connectivity index (χ2n) is 4.99. The van der Waals surface area contributed by atoms with Gasteiger partial charge in [-0.3, -0.25) is 4.79 Å². The standard InChI is InChI=1S/C15H20N2O2S/c1-3-16-15(2,14(18)19)8-9-20-13-10-11-6-4-5-7-12(11)17-13/h4-7,10,16-17H,3,8-9H2,1-2H3,(H,18,19). The molecule has 1 heterocycles. The third-order valence-corrected chi connectivity index (χ3v) is 4.34. The Morgan fingerprint density at radius 1 is 1.45 bits per heavy atom. The molecule has 0 fully saturated rings. The number of carboxylic acid groups (broad SMARTS) is 1. The molecule has 2 aromatic rings. The summed E-state index contributed by atoms with van der Waals surface area (Å²) < 4.78 is 0. The maximum absolute atomic E-state index is 11.3. The van der Waals surface area contributed by atoms with E-state index in [1.54, 1.807) is 18.7 Å². The molecule has 0 aliphatic carbocycles. The van der Waals surface area contributed by atoms with Gasteiger partial charge in [0, 0.05) is 16.7 Å². The summed E-state index contributed by atoms with van der Waals surface area (Å²) in [5, 5.41) is 14.6.